The molecule has 2 aromatic carbocycles. The number of fused-ring (bicyclic) bond motifs is 1. The summed E-state index contributed by atoms with van der Waals surface area (Å²) in [7, 11) is 0. The number of hydrogen-bond acceptors (Lipinski definition) is 3. The van der Waals surface area contributed by atoms with Crippen LogP contribution in [0.2, 0.25) is 5.02 Å². The number of amides is 1. The van der Waals surface area contributed by atoms with E-state index in [1.54, 1.807) is 24.4 Å². The van der Waals surface area contributed by atoms with Crippen LogP contribution < -0.4 is 5.32 Å². The number of benzene rings is 2. The predicted octanol–water partition coefficient (Wildman–Crippen LogP) is 3.29. The van der Waals surface area contributed by atoms with Crippen LogP contribution in [-0.4, -0.2) is 17.2 Å². The first kappa shape index (κ1) is 12.7. The second kappa shape index (κ2) is 4.98. The topological polar surface area (TPSA) is 61.7 Å². The highest BCUT2D eigenvalue weighted by molar-refractivity contribution is 6.30. The maximum Gasteiger partial charge on any atom is 0.228 e. The van der Waals surface area contributed by atoms with Gasteiger partial charge in [0.25, 0.3) is 0 Å². The molecule has 1 heterocycles. The Labute approximate surface area is 120 Å². The standard InChI is InChI=1S/C15H11ClN2O2/c16-11-2-4-14(19)10(5-11)8-17-12-3-1-9-6-15(20)18-13(9)7-12/h1-5,7-8,19H,6H2,(H,18,20). The van der Waals surface area contributed by atoms with E-state index in [1.807, 2.05) is 12.1 Å². The van der Waals surface area contributed by atoms with E-state index in [-0.39, 0.29) is 11.7 Å². The summed E-state index contributed by atoms with van der Waals surface area (Å²) in [6.07, 6.45) is 1.95. The van der Waals surface area contributed by atoms with Crippen molar-refractivity contribution in [2.45, 2.75) is 6.42 Å². The van der Waals surface area contributed by atoms with Crippen LogP contribution in [0.4, 0.5) is 11.4 Å². The lowest BCUT2D eigenvalue weighted by atomic mass is 10.1. The van der Waals surface area contributed by atoms with E-state index in [4.69, 9.17) is 11.6 Å². The molecular formula is C15H11ClN2O2. The van der Waals surface area contributed by atoms with Gasteiger partial charge in [0.15, 0.2) is 0 Å². The third kappa shape index (κ3) is 2.51. The summed E-state index contributed by atoms with van der Waals surface area (Å²) >= 11 is 5.87. The number of phenolic OH excluding ortho intramolecular Hbond substituents is 1. The molecular weight excluding hydrogens is 276 g/mol. The minimum absolute atomic E-state index is 0.00591. The van der Waals surface area contributed by atoms with E-state index < -0.39 is 0 Å². The zero-order valence-electron chi connectivity index (χ0n) is 10.4. The van der Waals surface area contributed by atoms with Gasteiger partial charge in [-0.15, -0.1) is 0 Å². The summed E-state index contributed by atoms with van der Waals surface area (Å²) in [5.74, 6) is 0.112. The SMILES string of the molecule is O=C1Cc2ccc(N=Cc3cc(Cl)ccc3O)cc2N1. The molecule has 0 saturated heterocycles. The van der Waals surface area contributed by atoms with Gasteiger partial charge >= 0.3 is 0 Å². The molecule has 20 heavy (non-hydrogen) atoms. The van der Waals surface area contributed by atoms with Gasteiger partial charge in [0.1, 0.15) is 5.75 Å². The predicted molar refractivity (Wildman–Crippen MR) is 79.1 cm³/mol. The molecule has 100 valence electrons. The van der Waals surface area contributed by atoms with Gasteiger partial charge in [0, 0.05) is 22.5 Å². The Morgan fingerprint density at radius 1 is 1.25 bits per heavy atom. The van der Waals surface area contributed by atoms with Crippen LogP contribution in [0.25, 0.3) is 0 Å². The third-order valence-electron chi connectivity index (χ3n) is 3.06. The van der Waals surface area contributed by atoms with E-state index in [2.05, 4.69) is 10.3 Å². The quantitative estimate of drug-likeness (QED) is 0.832. The zero-order valence-corrected chi connectivity index (χ0v) is 11.2. The average molecular weight is 287 g/mol. The Kier molecular flexibility index (Phi) is 3.16. The normalized spacial score (nSPS) is 13.6. The number of rotatable bonds is 2. The summed E-state index contributed by atoms with van der Waals surface area (Å²) in [4.78, 5) is 15.6. The maximum atomic E-state index is 11.3. The van der Waals surface area contributed by atoms with Crippen molar-refractivity contribution in [2.24, 2.45) is 4.99 Å². The molecule has 2 aromatic rings. The minimum atomic E-state index is -0.00591. The molecule has 0 spiro atoms. The van der Waals surface area contributed by atoms with E-state index >= 15 is 0 Å². The van der Waals surface area contributed by atoms with Gasteiger partial charge < -0.3 is 10.4 Å². The molecule has 1 aliphatic rings. The molecule has 1 aliphatic heterocycles. The fourth-order valence-electron chi connectivity index (χ4n) is 2.06. The summed E-state index contributed by atoms with van der Waals surface area (Å²) in [5, 5.41) is 13.0. The van der Waals surface area contributed by atoms with Crippen molar-refractivity contribution in [1.82, 2.24) is 0 Å². The lowest BCUT2D eigenvalue weighted by Gasteiger charge is -2.01. The summed E-state index contributed by atoms with van der Waals surface area (Å²) < 4.78 is 0. The lowest BCUT2D eigenvalue weighted by Crippen LogP contribution is -2.03. The van der Waals surface area contributed by atoms with Crippen LogP contribution in [0.5, 0.6) is 5.75 Å². The molecule has 0 atom stereocenters. The molecule has 0 aromatic heterocycles. The van der Waals surface area contributed by atoms with Crippen LogP contribution in [-0.2, 0) is 11.2 Å². The number of anilines is 1. The second-order valence-corrected chi connectivity index (χ2v) is 4.96. The third-order valence-corrected chi connectivity index (χ3v) is 3.30. The van der Waals surface area contributed by atoms with Crippen molar-refractivity contribution in [1.29, 1.82) is 0 Å². The number of aliphatic imine (C=N–C) groups is 1. The monoisotopic (exact) mass is 286 g/mol. The van der Waals surface area contributed by atoms with E-state index in [0.717, 1.165) is 11.3 Å². The number of nitrogens with zero attached hydrogens (tertiary/aromatic N) is 1. The van der Waals surface area contributed by atoms with Gasteiger partial charge in [-0.3, -0.25) is 9.79 Å². The first-order valence-corrected chi connectivity index (χ1v) is 6.45. The fraction of sp³-hybridized carbons (Fsp3) is 0.0667. The first-order chi connectivity index (χ1) is 9.61. The number of phenols is 1. The van der Waals surface area contributed by atoms with Gasteiger partial charge in [-0.1, -0.05) is 17.7 Å². The smallest absolute Gasteiger partial charge is 0.228 e. The van der Waals surface area contributed by atoms with E-state index in [9.17, 15) is 9.90 Å². The van der Waals surface area contributed by atoms with Gasteiger partial charge in [0.2, 0.25) is 5.91 Å². The highest BCUT2D eigenvalue weighted by Gasteiger charge is 2.17. The molecule has 1 amide bonds. The highest BCUT2D eigenvalue weighted by Crippen LogP contribution is 2.28. The van der Waals surface area contributed by atoms with Crippen molar-refractivity contribution in [3.8, 4) is 5.75 Å². The molecule has 0 radical (unpaired) electrons. The first-order valence-electron chi connectivity index (χ1n) is 6.07. The fourth-order valence-corrected chi connectivity index (χ4v) is 2.24. The summed E-state index contributed by atoms with van der Waals surface area (Å²) in [6, 6.07) is 10.3. The molecule has 0 bridgehead atoms. The molecule has 0 fully saturated rings. The van der Waals surface area contributed by atoms with Crippen LogP contribution in [0.1, 0.15) is 11.1 Å². The number of carbonyl (C=O) groups is 1. The number of aromatic hydroxyl groups is 1. The molecule has 2 N–H and O–H groups in total. The highest BCUT2D eigenvalue weighted by atomic mass is 35.5. The number of hydrogen-bond donors (Lipinski definition) is 2. The number of halogens is 1. The van der Waals surface area contributed by atoms with Crippen LogP contribution in [0.15, 0.2) is 41.4 Å². The Morgan fingerprint density at radius 2 is 2.10 bits per heavy atom. The Morgan fingerprint density at radius 3 is 2.95 bits per heavy atom. The zero-order chi connectivity index (χ0) is 14.1. The maximum absolute atomic E-state index is 11.3. The van der Waals surface area contributed by atoms with Crippen molar-refractivity contribution >= 4 is 35.1 Å². The van der Waals surface area contributed by atoms with Crippen molar-refractivity contribution in [2.75, 3.05) is 5.32 Å². The van der Waals surface area contributed by atoms with Crippen molar-refractivity contribution in [3.05, 3.63) is 52.5 Å². The summed E-state index contributed by atoms with van der Waals surface area (Å²) in [6.45, 7) is 0. The average Bonchev–Trinajstić information content (AvgIpc) is 2.79. The van der Waals surface area contributed by atoms with Gasteiger partial charge in [-0.2, -0.15) is 0 Å². The largest absolute Gasteiger partial charge is 0.507 e. The lowest BCUT2D eigenvalue weighted by molar-refractivity contribution is -0.115. The second-order valence-electron chi connectivity index (χ2n) is 4.53. The van der Waals surface area contributed by atoms with Crippen molar-refractivity contribution < 1.29 is 9.90 Å². The Bertz CT molecular complexity index is 726. The Hall–Kier alpha value is -2.33. The number of carbonyl (C=O) groups excluding carboxylic acids is 1. The van der Waals surface area contributed by atoms with Crippen LogP contribution in [0.3, 0.4) is 0 Å². The van der Waals surface area contributed by atoms with E-state index in [0.29, 0.717) is 22.7 Å². The van der Waals surface area contributed by atoms with Crippen LogP contribution in [0, 0.1) is 0 Å². The number of nitrogens with one attached hydrogen (secondary N) is 1. The van der Waals surface area contributed by atoms with E-state index in [1.165, 1.54) is 6.07 Å². The van der Waals surface area contributed by atoms with Gasteiger partial charge in [0.05, 0.1) is 12.1 Å². The van der Waals surface area contributed by atoms with Crippen LogP contribution >= 0.6 is 11.6 Å². The Balaban J connectivity index is 1.88. The molecule has 3 rings (SSSR count). The molecule has 4 nitrogen and oxygen atoms in total. The molecule has 5 heteroatoms. The molecule has 0 saturated carbocycles. The molecule has 0 aliphatic carbocycles. The molecule has 0 unspecified atom stereocenters. The van der Waals surface area contributed by atoms with Gasteiger partial charge in [-0.05, 0) is 35.9 Å². The van der Waals surface area contributed by atoms with Gasteiger partial charge in [-0.25, -0.2) is 0 Å². The minimum Gasteiger partial charge on any atom is -0.507 e. The van der Waals surface area contributed by atoms with Crippen molar-refractivity contribution in [3.63, 3.8) is 0 Å². The summed E-state index contributed by atoms with van der Waals surface area (Å²) in [5.41, 5.74) is 3.01.